The third-order valence-corrected chi connectivity index (χ3v) is 2.04. The summed E-state index contributed by atoms with van der Waals surface area (Å²) in [5.74, 6) is -1.84. The number of aliphatic carboxylic acids is 1. The summed E-state index contributed by atoms with van der Waals surface area (Å²) in [6, 6.07) is 4.01. The molecule has 0 unspecified atom stereocenters. The summed E-state index contributed by atoms with van der Waals surface area (Å²) in [6.07, 6.45) is 0. The van der Waals surface area contributed by atoms with Gasteiger partial charge in [0.15, 0.2) is 0 Å². The molecule has 7 nitrogen and oxygen atoms in total. The number of carboxylic acid groups (broad SMARTS) is 1. The van der Waals surface area contributed by atoms with Gasteiger partial charge in [0.05, 0.1) is 4.92 Å². The molecule has 0 radical (unpaired) electrons. The van der Waals surface area contributed by atoms with E-state index in [0.717, 1.165) is 6.07 Å². The highest BCUT2D eigenvalue weighted by molar-refractivity contribution is 5.96. The van der Waals surface area contributed by atoms with Crippen LogP contribution in [0, 0.1) is 10.1 Å². The van der Waals surface area contributed by atoms with E-state index in [-0.39, 0.29) is 11.3 Å². The van der Waals surface area contributed by atoms with Crippen molar-refractivity contribution in [3.63, 3.8) is 0 Å². The first-order valence-corrected chi connectivity index (χ1v) is 4.70. The lowest BCUT2D eigenvalue weighted by Crippen LogP contribution is -2.38. The lowest BCUT2D eigenvalue weighted by atomic mass is 10.2. The van der Waals surface area contributed by atoms with Crippen LogP contribution in [0.1, 0.15) is 17.3 Å². The maximum absolute atomic E-state index is 11.5. The van der Waals surface area contributed by atoms with Crippen molar-refractivity contribution in [3.8, 4) is 0 Å². The summed E-state index contributed by atoms with van der Waals surface area (Å²) in [5, 5.41) is 21.3. The number of carbonyl (C=O) groups is 2. The highest BCUT2D eigenvalue weighted by Crippen LogP contribution is 2.12. The van der Waals surface area contributed by atoms with E-state index in [9.17, 15) is 19.7 Å². The Bertz CT molecular complexity index is 472. The molecular formula is C10H10N2O5. The Balaban J connectivity index is 2.86. The minimum atomic E-state index is -1.18. The van der Waals surface area contributed by atoms with Crippen LogP contribution < -0.4 is 5.32 Å². The Morgan fingerprint density at radius 2 is 2.12 bits per heavy atom. The molecule has 1 aromatic rings. The summed E-state index contributed by atoms with van der Waals surface area (Å²) in [7, 11) is 0. The first-order chi connectivity index (χ1) is 7.91. The summed E-state index contributed by atoms with van der Waals surface area (Å²) in [6.45, 7) is 1.30. The summed E-state index contributed by atoms with van der Waals surface area (Å²) < 4.78 is 0. The Kier molecular flexibility index (Phi) is 3.76. The number of carboxylic acids is 1. The number of hydrogen-bond acceptors (Lipinski definition) is 4. The van der Waals surface area contributed by atoms with E-state index < -0.39 is 22.8 Å². The van der Waals surface area contributed by atoms with Gasteiger partial charge in [-0.2, -0.15) is 0 Å². The lowest BCUT2D eigenvalue weighted by molar-refractivity contribution is -0.384. The van der Waals surface area contributed by atoms with E-state index in [1.807, 2.05) is 0 Å². The van der Waals surface area contributed by atoms with Gasteiger partial charge in [0.2, 0.25) is 0 Å². The van der Waals surface area contributed by atoms with Crippen LogP contribution in [-0.2, 0) is 4.79 Å². The number of rotatable bonds is 4. The Hall–Kier alpha value is -2.44. The molecule has 0 saturated carbocycles. The molecule has 0 aliphatic rings. The third kappa shape index (κ3) is 3.26. The number of nitrogens with zero attached hydrogens (tertiary/aromatic N) is 1. The molecule has 0 aromatic heterocycles. The second-order valence-corrected chi connectivity index (χ2v) is 3.34. The molecule has 0 fully saturated rings. The molecule has 17 heavy (non-hydrogen) atoms. The molecule has 0 heterocycles. The van der Waals surface area contributed by atoms with E-state index in [0.29, 0.717) is 0 Å². The van der Waals surface area contributed by atoms with Crippen LogP contribution in [-0.4, -0.2) is 27.9 Å². The topological polar surface area (TPSA) is 110 Å². The van der Waals surface area contributed by atoms with Gasteiger partial charge in [0.1, 0.15) is 6.04 Å². The van der Waals surface area contributed by atoms with Crippen LogP contribution >= 0.6 is 0 Å². The molecule has 90 valence electrons. The zero-order chi connectivity index (χ0) is 13.0. The van der Waals surface area contributed by atoms with Gasteiger partial charge in [-0.3, -0.25) is 19.7 Å². The van der Waals surface area contributed by atoms with E-state index in [1.165, 1.54) is 25.1 Å². The van der Waals surface area contributed by atoms with Gasteiger partial charge in [-0.15, -0.1) is 0 Å². The molecule has 0 spiro atoms. The van der Waals surface area contributed by atoms with E-state index in [4.69, 9.17) is 5.11 Å². The highest BCUT2D eigenvalue weighted by Gasteiger charge is 2.16. The Morgan fingerprint density at radius 3 is 2.65 bits per heavy atom. The van der Waals surface area contributed by atoms with Crippen LogP contribution in [0.4, 0.5) is 5.69 Å². The molecule has 0 saturated heterocycles. The maximum Gasteiger partial charge on any atom is 0.325 e. The molecule has 1 aromatic carbocycles. The minimum absolute atomic E-state index is 0.0484. The minimum Gasteiger partial charge on any atom is -0.480 e. The van der Waals surface area contributed by atoms with Crippen molar-refractivity contribution in [2.45, 2.75) is 13.0 Å². The lowest BCUT2D eigenvalue weighted by Gasteiger charge is -2.08. The van der Waals surface area contributed by atoms with Gasteiger partial charge in [-0.1, -0.05) is 6.07 Å². The molecule has 0 bridgehead atoms. The molecule has 1 rings (SSSR count). The predicted octanol–water partition coefficient (Wildman–Crippen LogP) is 0.798. The van der Waals surface area contributed by atoms with Crippen LogP contribution in [0.3, 0.4) is 0 Å². The predicted molar refractivity (Wildman–Crippen MR) is 57.7 cm³/mol. The molecule has 1 amide bonds. The number of nitro groups is 1. The number of hydrogen-bond donors (Lipinski definition) is 2. The van der Waals surface area contributed by atoms with Gasteiger partial charge >= 0.3 is 5.97 Å². The van der Waals surface area contributed by atoms with Gasteiger partial charge in [0.25, 0.3) is 11.6 Å². The third-order valence-electron chi connectivity index (χ3n) is 2.04. The summed E-state index contributed by atoms with van der Waals surface area (Å²) in [5.41, 5.74) is -0.173. The second-order valence-electron chi connectivity index (χ2n) is 3.34. The number of benzene rings is 1. The van der Waals surface area contributed by atoms with Crippen LogP contribution in [0.5, 0.6) is 0 Å². The Morgan fingerprint density at radius 1 is 1.47 bits per heavy atom. The van der Waals surface area contributed by atoms with Crippen molar-refractivity contribution >= 4 is 17.6 Å². The van der Waals surface area contributed by atoms with Crippen molar-refractivity contribution in [2.24, 2.45) is 0 Å². The highest BCUT2D eigenvalue weighted by atomic mass is 16.6. The number of nitrogens with one attached hydrogen (secondary N) is 1. The monoisotopic (exact) mass is 238 g/mol. The van der Waals surface area contributed by atoms with Crippen LogP contribution in [0.25, 0.3) is 0 Å². The average Bonchev–Trinajstić information content (AvgIpc) is 2.28. The fourth-order valence-electron chi connectivity index (χ4n) is 1.10. The quantitative estimate of drug-likeness (QED) is 0.595. The first kappa shape index (κ1) is 12.6. The first-order valence-electron chi connectivity index (χ1n) is 4.70. The zero-order valence-electron chi connectivity index (χ0n) is 8.91. The smallest absolute Gasteiger partial charge is 0.325 e. The SMILES string of the molecule is C[C@@H](NC(=O)c1cccc([N+](=O)[O-])c1)C(=O)O. The van der Waals surface area contributed by atoms with E-state index in [2.05, 4.69) is 5.32 Å². The zero-order valence-corrected chi connectivity index (χ0v) is 8.91. The average molecular weight is 238 g/mol. The fraction of sp³-hybridized carbons (Fsp3) is 0.200. The second kappa shape index (κ2) is 5.06. The number of non-ortho nitro benzene ring substituents is 1. The van der Waals surface area contributed by atoms with Crippen molar-refractivity contribution in [1.29, 1.82) is 0 Å². The van der Waals surface area contributed by atoms with Gasteiger partial charge in [-0.05, 0) is 13.0 Å². The van der Waals surface area contributed by atoms with Crippen LogP contribution in [0.2, 0.25) is 0 Å². The molecular weight excluding hydrogens is 228 g/mol. The number of nitro benzene ring substituents is 1. The van der Waals surface area contributed by atoms with E-state index in [1.54, 1.807) is 0 Å². The normalized spacial score (nSPS) is 11.6. The number of amides is 1. The Labute approximate surface area is 96.2 Å². The van der Waals surface area contributed by atoms with Crippen LogP contribution in [0.15, 0.2) is 24.3 Å². The number of carbonyl (C=O) groups excluding carboxylic acids is 1. The van der Waals surface area contributed by atoms with Crippen molar-refractivity contribution in [3.05, 3.63) is 39.9 Å². The van der Waals surface area contributed by atoms with Gasteiger partial charge in [0, 0.05) is 17.7 Å². The van der Waals surface area contributed by atoms with E-state index >= 15 is 0 Å². The molecule has 0 aliphatic heterocycles. The summed E-state index contributed by atoms with van der Waals surface area (Å²) >= 11 is 0. The molecule has 1 atom stereocenters. The molecule has 2 N–H and O–H groups in total. The molecule has 7 heteroatoms. The molecule has 0 aliphatic carbocycles. The standard InChI is InChI=1S/C10H10N2O5/c1-6(10(14)15)11-9(13)7-3-2-4-8(5-7)12(16)17/h2-6H,1H3,(H,11,13)(H,14,15)/t6-/m1/s1. The van der Waals surface area contributed by atoms with Gasteiger partial charge < -0.3 is 10.4 Å². The van der Waals surface area contributed by atoms with Crippen molar-refractivity contribution in [2.75, 3.05) is 0 Å². The largest absolute Gasteiger partial charge is 0.480 e. The maximum atomic E-state index is 11.5. The van der Waals surface area contributed by atoms with Crippen molar-refractivity contribution < 1.29 is 19.6 Å². The fourth-order valence-corrected chi connectivity index (χ4v) is 1.10. The summed E-state index contributed by atoms with van der Waals surface area (Å²) in [4.78, 5) is 31.9. The van der Waals surface area contributed by atoms with Gasteiger partial charge in [-0.25, -0.2) is 0 Å². The van der Waals surface area contributed by atoms with Crippen molar-refractivity contribution in [1.82, 2.24) is 5.32 Å².